The lowest BCUT2D eigenvalue weighted by Gasteiger charge is -2.11. The van der Waals surface area contributed by atoms with Crippen LogP contribution in [0.25, 0.3) is 0 Å². The van der Waals surface area contributed by atoms with Crippen molar-refractivity contribution in [3.05, 3.63) is 88.4 Å². The fourth-order valence-electron chi connectivity index (χ4n) is 2.69. The number of nitrogens with one attached hydrogen (secondary N) is 2. The first kappa shape index (κ1) is 22.7. The molecule has 0 saturated heterocycles. The maximum atomic E-state index is 12.6. The minimum Gasteiger partial charge on any atom is -0.484 e. The summed E-state index contributed by atoms with van der Waals surface area (Å²) in [5, 5.41) is 3.26. The molecule has 0 saturated carbocycles. The number of aryl methyl sites for hydroxylation is 2. The van der Waals surface area contributed by atoms with Gasteiger partial charge in [0.1, 0.15) is 5.75 Å². The Morgan fingerprint density at radius 1 is 0.968 bits per heavy atom. The maximum absolute atomic E-state index is 12.6. The van der Waals surface area contributed by atoms with Gasteiger partial charge in [-0.25, -0.2) is 8.42 Å². The number of hydrogen-bond donors (Lipinski definition) is 2. The SMILES string of the molecule is Cc1ccc(CNC(=O)COc2ccc(S(=O)(=O)Nc3ccc(C)c(Cl)c3)cc2)cc1. The van der Waals surface area contributed by atoms with Crippen molar-refractivity contribution >= 4 is 33.2 Å². The standard InChI is InChI=1S/C23H23ClN2O4S/c1-16-3-6-18(7-4-16)14-25-23(27)15-30-20-9-11-21(12-10-20)31(28,29)26-19-8-5-17(2)22(24)13-19/h3-13,26H,14-15H2,1-2H3,(H,25,27). The fourth-order valence-corrected chi connectivity index (χ4v) is 3.92. The number of ether oxygens (including phenoxy) is 1. The summed E-state index contributed by atoms with van der Waals surface area (Å²) in [6.45, 7) is 4.08. The molecule has 0 unspecified atom stereocenters. The summed E-state index contributed by atoms with van der Waals surface area (Å²) < 4.78 is 33.1. The molecule has 0 aliphatic heterocycles. The number of halogens is 1. The van der Waals surface area contributed by atoms with E-state index in [-0.39, 0.29) is 17.4 Å². The van der Waals surface area contributed by atoms with Crippen LogP contribution in [-0.4, -0.2) is 20.9 Å². The monoisotopic (exact) mass is 458 g/mol. The Kier molecular flexibility index (Phi) is 7.20. The Morgan fingerprint density at radius 3 is 2.29 bits per heavy atom. The van der Waals surface area contributed by atoms with Crippen LogP contribution in [0.3, 0.4) is 0 Å². The Bertz CT molecular complexity index is 1160. The molecule has 3 aromatic rings. The number of carbonyl (C=O) groups is 1. The molecule has 2 N–H and O–H groups in total. The van der Waals surface area contributed by atoms with Gasteiger partial charge in [0.05, 0.1) is 10.6 Å². The predicted molar refractivity (Wildman–Crippen MR) is 122 cm³/mol. The third-order valence-electron chi connectivity index (χ3n) is 4.54. The predicted octanol–water partition coefficient (Wildman–Crippen LogP) is 4.45. The van der Waals surface area contributed by atoms with Gasteiger partial charge >= 0.3 is 0 Å². The highest BCUT2D eigenvalue weighted by Gasteiger charge is 2.15. The summed E-state index contributed by atoms with van der Waals surface area (Å²) in [4.78, 5) is 12.1. The molecule has 0 radical (unpaired) electrons. The van der Waals surface area contributed by atoms with Gasteiger partial charge in [0.15, 0.2) is 6.61 Å². The van der Waals surface area contributed by atoms with Crippen molar-refractivity contribution in [3.8, 4) is 5.75 Å². The number of rotatable bonds is 8. The zero-order chi connectivity index (χ0) is 22.4. The van der Waals surface area contributed by atoms with Crippen molar-refractivity contribution in [3.63, 3.8) is 0 Å². The van der Waals surface area contributed by atoms with Gasteiger partial charge in [0.25, 0.3) is 15.9 Å². The van der Waals surface area contributed by atoms with Crippen molar-refractivity contribution in [2.45, 2.75) is 25.3 Å². The largest absolute Gasteiger partial charge is 0.484 e. The molecule has 8 heteroatoms. The van der Waals surface area contributed by atoms with Gasteiger partial charge in [-0.05, 0) is 61.4 Å². The Hall–Kier alpha value is -3.03. The van der Waals surface area contributed by atoms with Gasteiger partial charge in [-0.2, -0.15) is 0 Å². The van der Waals surface area contributed by atoms with Crippen molar-refractivity contribution in [2.24, 2.45) is 0 Å². The number of amides is 1. The molecular weight excluding hydrogens is 436 g/mol. The van der Waals surface area contributed by atoms with Crippen LogP contribution in [0.5, 0.6) is 5.75 Å². The summed E-state index contributed by atoms with van der Waals surface area (Å²) >= 11 is 6.05. The first-order valence-electron chi connectivity index (χ1n) is 9.57. The quantitative estimate of drug-likeness (QED) is 0.522. The second-order valence-corrected chi connectivity index (χ2v) is 9.18. The van der Waals surface area contributed by atoms with Crippen LogP contribution in [0.4, 0.5) is 5.69 Å². The second kappa shape index (κ2) is 9.85. The average Bonchev–Trinajstić information content (AvgIpc) is 2.74. The van der Waals surface area contributed by atoms with Crippen molar-refractivity contribution < 1.29 is 17.9 Å². The van der Waals surface area contributed by atoms with Crippen LogP contribution >= 0.6 is 11.6 Å². The normalized spacial score (nSPS) is 11.1. The molecule has 1 amide bonds. The molecule has 0 spiro atoms. The number of hydrogen-bond acceptors (Lipinski definition) is 4. The smallest absolute Gasteiger partial charge is 0.261 e. The van der Waals surface area contributed by atoms with Gasteiger partial charge in [-0.1, -0.05) is 47.5 Å². The van der Waals surface area contributed by atoms with Crippen LogP contribution in [0.2, 0.25) is 5.02 Å². The minimum atomic E-state index is -3.78. The molecule has 3 rings (SSSR count). The lowest BCUT2D eigenvalue weighted by atomic mass is 10.1. The average molecular weight is 459 g/mol. The zero-order valence-corrected chi connectivity index (χ0v) is 18.8. The first-order chi connectivity index (χ1) is 14.7. The van der Waals surface area contributed by atoms with Gasteiger partial charge < -0.3 is 10.1 Å². The van der Waals surface area contributed by atoms with Crippen LogP contribution in [0, 0.1) is 13.8 Å². The molecule has 0 heterocycles. The molecule has 162 valence electrons. The molecule has 0 aromatic heterocycles. The molecule has 31 heavy (non-hydrogen) atoms. The summed E-state index contributed by atoms with van der Waals surface area (Å²) in [5.74, 6) is 0.123. The van der Waals surface area contributed by atoms with E-state index in [1.165, 1.54) is 24.3 Å². The van der Waals surface area contributed by atoms with Gasteiger partial charge in [-0.15, -0.1) is 0 Å². The molecule has 0 atom stereocenters. The van der Waals surface area contributed by atoms with Crippen molar-refractivity contribution in [1.82, 2.24) is 5.32 Å². The lowest BCUT2D eigenvalue weighted by molar-refractivity contribution is -0.123. The lowest BCUT2D eigenvalue weighted by Crippen LogP contribution is -2.28. The van der Waals surface area contributed by atoms with Crippen molar-refractivity contribution in [2.75, 3.05) is 11.3 Å². The van der Waals surface area contributed by atoms with Gasteiger partial charge in [0, 0.05) is 11.6 Å². The third-order valence-corrected chi connectivity index (χ3v) is 6.34. The summed E-state index contributed by atoms with van der Waals surface area (Å²) in [5.41, 5.74) is 3.38. The maximum Gasteiger partial charge on any atom is 0.261 e. The summed E-state index contributed by atoms with van der Waals surface area (Å²) in [6, 6.07) is 18.6. The van der Waals surface area contributed by atoms with E-state index < -0.39 is 10.0 Å². The summed E-state index contributed by atoms with van der Waals surface area (Å²) in [7, 11) is -3.78. The molecule has 3 aromatic carbocycles. The molecule has 0 aliphatic rings. The highest BCUT2D eigenvalue weighted by Crippen LogP contribution is 2.23. The number of anilines is 1. The Morgan fingerprint density at radius 2 is 1.65 bits per heavy atom. The van der Waals surface area contributed by atoms with E-state index >= 15 is 0 Å². The number of sulfonamides is 1. The van der Waals surface area contributed by atoms with E-state index in [1.807, 2.05) is 38.1 Å². The third kappa shape index (κ3) is 6.47. The van der Waals surface area contributed by atoms with Gasteiger partial charge in [0.2, 0.25) is 0 Å². The van der Waals surface area contributed by atoms with Crippen LogP contribution in [-0.2, 0) is 21.4 Å². The summed E-state index contributed by atoms with van der Waals surface area (Å²) in [6.07, 6.45) is 0. The van der Waals surface area contributed by atoms with E-state index in [9.17, 15) is 13.2 Å². The molecule has 0 aliphatic carbocycles. The number of carbonyl (C=O) groups excluding carboxylic acids is 1. The van der Waals surface area contributed by atoms with Crippen LogP contribution in [0.1, 0.15) is 16.7 Å². The topological polar surface area (TPSA) is 84.5 Å². The fraction of sp³-hybridized carbons (Fsp3) is 0.174. The molecule has 0 fully saturated rings. The van der Waals surface area contributed by atoms with Gasteiger partial charge in [-0.3, -0.25) is 9.52 Å². The zero-order valence-electron chi connectivity index (χ0n) is 17.2. The van der Waals surface area contributed by atoms with E-state index in [4.69, 9.17) is 16.3 Å². The minimum absolute atomic E-state index is 0.0698. The van der Waals surface area contributed by atoms with E-state index in [0.717, 1.165) is 16.7 Å². The van der Waals surface area contributed by atoms with Crippen molar-refractivity contribution in [1.29, 1.82) is 0 Å². The van der Waals surface area contributed by atoms with Crippen LogP contribution < -0.4 is 14.8 Å². The van der Waals surface area contributed by atoms with Crippen LogP contribution in [0.15, 0.2) is 71.6 Å². The molecule has 6 nitrogen and oxygen atoms in total. The number of benzene rings is 3. The first-order valence-corrected chi connectivity index (χ1v) is 11.4. The van der Waals surface area contributed by atoms with E-state index in [2.05, 4.69) is 10.0 Å². The molecule has 0 bridgehead atoms. The van der Waals surface area contributed by atoms with E-state index in [1.54, 1.807) is 18.2 Å². The van der Waals surface area contributed by atoms with E-state index in [0.29, 0.717) is 23.0 Å². The Balaban J connectivity index is 1.53. The highest BCUT2D eigenvalue weighted by molar-refractivity contribution is 7.92. The second-order valence-electron chi connectivity index (χ2n) is 7.09. The highest BCUT2D eigenvalue weighted by atomic mass is 35.5. The molecular formula is C23H23ClN2O4S. The Labute approximate surface area is 187 Å².